The van der Waals surface area contributed by atoms with E-state index in [-0.39, 0.29) is 0 Å². The first-order chi connectivity index (χ1) is 9.43. The van der Waals surface area contributed by atoms with Crippen LogP contribution in [0.5, 0.6) is 0 Å². The van der Waals surface area contributed by atoms with Crippen molar-refractivity contribution in [2.24, 2.45) is 0 Å². The molecule has 20 heavy (non-hydrogen) atoms. The minimum Gasteiger partial charge on any atom is -0.399 e. The van der Waals surface area contributed by atoms with E-state index in [0.717, 1.165) is 17.0 Å². The fraction of sp³-hybridized carbons (Fsp3) is 0.417. The van der Waals surface area contributed by atoms with Crippen molar-refractivity contribution in [2.45, 2.75) is 0 Å². The number of hydrogen-bond donors (Lipinski definition) is 2. The number of rotatable bonds is 2. The van der Waals surface area contributed by atoms with Gasteiger partial charge in [0.15, 0.2) is 0 Å². The van der Waals surface area contributed by atoms with Crippen molar-refractivity contribution in [3.05, 3.63) is 18.2 Å². The Morgan fingerprint density at radius 3 is 2.60 bits per heavy atom. The minimum absolute atomic E-state index is 0.484. The van der Waals surface area contributed by atoms with Crippen molar-refractivity contribution in [1.29, 1.82) is 0 Å². The number of anilines is 2. The third-order valence-electron chi connectivity index (χ3n) is 3.50. The van der Waals surface area contributed by atoms with E-state index in [1.165, 1.54) is 10.6 Å². The number of piperazine rings is 1. The van der Waals surface area contributed by atoms with Crippen molar-refractivity contribution in [1.82, 2.24) is 14.3 Å². The standard InChI is InChI=1S/C12H17N5O2S/c1-20(18,19)17-6-4-16(5-7-17)12-14-10-3-2-9(13)8-11(10)15-12/h2-3,8H,4-7,13H2,1H3,(H,14,15). The largest absolute Gasteiger partial charge is 0.399 e. The number of hydrogen-bond acceptors (Lipinski definition) is 5. The normalized spacial score (nSPS) is 17.8. The summed E-state index contributed by atoms with van der Waals surface area (Å²) >= 11 is 0. The molecular formula is C12H17N5O2S. The van der Waals surface area contributed by atoms with Crippen LogP contribution in [0.4, 0.5) is 11.6 Å². The van der Waals surface area contributed by atoms with Crippen molar-refractivity contribution < 1.29 is 8.42 Å². The van der Waals surface area contributed by atoms with E-state index in [4.69, 9.17) is 5.73 Å². The molecule has 0 unspecified atom stereocenters. The van der Waals surface area contributed by atoms with E-state index in [9.17, 15) is 8.42 Å². The maximum Gasteiger partial charge on any atom is 0.211 e. The zero-order chi connectivity index (χ0) is 14.3. The molecule has 3 rings (SSSR count). The number of aromatic amines is 1. The second kappa shape index (κ2) is 4.64. The van der Waals surface area contributed by atoms with E-state index >= 15 is 0 Å². The van der Waals surface area contributed by atoms with Gasteiger partial charge in [0.25, 0.3) is 0 Å². The van der Waals surface area contributed by atoms with Crippen LogP contribution in [-0.4, -0.2) is 55.1 Å². The maximum atomic E-state index is 11.5. The number of nitrogens with two attached hydrogens (primary N) is 1. The highest BCUT2D eigenvalue weighted by Gasteiger charge is 2.24. The van der Waals surface area contributed by atoms with Gasteiger partial charge in [-0.15, -0.1) is 0 Å². The Morgan fingerprint density at radius 1 is 1.25 bits per heavy atom. The lowest BCUT2D eigenvalue weighted by Crippen LogP contribution is -2.48. The molecule has 0 amide bonds. The number of nitrogen functional groups attached to an aromatic ring is 1. The first-order valence-corrected chi connectivity index (χ1v) is 8.23. The van der Waals surface area contributed by atoms with Gasteiger partial charge in [0.2, 0.25) is 16.0 Å². The van der Waals surface area contributed by atoms with Crippen molar-refractivity contribution >= 4 is 32.7 Å². The third-order valence-corrected chi connectivity index (χ3v) is 4.80. The number of H-pyrrole nitrogens is 1. The molecule has 1 aliphatic rings. The van der Waals surface area contributed by atoms with Gasteiger partial charge in [0.05, 0.1) is 17.3 Å². The van der Waals surface area contributed by atoms with E-state index in [1.54, 1.807) is 0 Å². The molecule has 0 radical (unpaired) electrons. The highest BCUT2D eigenvalue weighted by molar-refractivity contribution is 7.88. The van der Waals surface area contributed by atoms with Crippen LogP contribution in [0.25, 0.3) is 11.0 Å². The molecule has 3 N–H and O–H groups in total. The fourth-order valence-corrected chi connectivity index (χ4v) is 3.22. The zero-order valence-corrected chi connectivity index (χ0v) is 12.0. The van der Waals surface area contributed by atoms with Crippen LogP contribution in [0.1, 0.15) is 0 Å². The Labute approximate surface area is 117 Å². The van der Waals surface area contributed by atoms with E-state index < -0.39 is 10.0 Å². The summed E-state index contributed by atoms with van der Waals surface area (Å²) in [7, 11) is -3.10. The first-order valence-electron chi connectivity index (χ1n) is 6.39. The van der Waals surface area contributed by atoms with Crippen molar-refractivity contribution in [2.75, 3.05) is 43.1 Å². The molecular weight excluding hydrogens is 278 g/mol. The molecule has 8 heteroatoms. The van der Waals surface area contributed by atoms with Crippen LogP contribution in [-0.2, 0) is 10.0 Å². The summed E-state index contributed by atoms with van der Waals surface area (Å²) in [5, 5.41) is 0. The van der Waals surface area contributed by atoms with E-state index in [2.05, 4.69) is 14.9 Å². The summed E-state index contributed by atoms with van der Waals surface area (Å²) in [5.74, 6) is 0.763. The predicted octanol–water partition coefficient (Wildman–Crippen LogP) is 0.227. The minimum atomic E-state index is -3.10. The van der Waals surface area contributed by atoms with Gasteiger partial charge < -0.3 is 15.6 Å². The second-order valence-corrected chi connectivity index (χ2v) is 6.97. The third kappa shape index (κ3) is 2.44. The summed E-state index contributed by atoms with van der Waals surface area (Å²) in [4.78, 5) is 9.79. The lowest BCUT2D eigenvalue weighted by atomic mass is 10.3. The van der Waals surface area contributed by atoms with Crippen LogP contribution in [0.15, 0.2) is 18.2 Å². The molecule has 108 valence electrons. The molecule has 1 aromatic heterocycles. The molecule has 2 heterocycles. The Hall–Kier alpha value is -1.80. The highest BCUT2D eigenvalue weighted by atomic mass is 32.2. The molecule has 0 bridgehead atoms. The molecule has 2 aromatic rings. The summed E-state index contributed by atoms with van der Waals surface area (Å²) in [5.41, 5.74) is 8.19. The van der Waals surface area contributed by atoms with Gasteiger partial charge in [-0.05, 0) is 18.2 Å². The molecule has 1 aromatic carbocycles. The lowest BCUT2D eigenvalue weighted by Gasteiger charge is -2.32. The monoisotopic (exact) mass is 295 g/mol. The average molecular weight is 295 g/mol. The molecule has 0 aliphatic carbocycles. The number of aromatic nitrogens is 2. The zero-order valence-electron chi connectivity index (χ0n) is 11.2. The molecule has 7 nitrogen and oxygen atoms in total. The number of benzene rings is 1. The van der Waals surface area contributed by atoms with Gasteiger partial charge in [-0.1, -0.05) is 0 Å². The van der Waals surface area contributed by atoms with E-state index in [0.29, 0.717) is 31.9 Å². The number of imidazole rings is 1. The molecule has 1 saturated heterocycles. The fourth-order valence-electron chi connectivity index (χ4n) is 2.40. The van der Waals surface area contributed by atoms with Gasteiger partial charge in [-0.25, -0.2) is 13.4 Å². The number of nitrogens with zero attached hydrogens (tertiary/aromatic N) is 3. The number of sulfonamides is 1. The van der Waals surface area contributed by atoms with Crippen LogP contribution < -0.4 is 10.6 Å². The molecule has 1 aliphatic heterocycles. The van der Waals surface area contributed by atoms with Crippen molar-refractivity contribution in [3.8, 4) is 0 Å². The van der Waals surface area contributed by atoms with E-state index in [1.807, 2.05) is 18.2 Å². The predicted molar refractivity (Wildman–Crippen MR) is 79.1 cm³/mol. The van der Waals surface area contributed by atoms with Gasteiger partial charge in [-0.3, -0.25) is 0 Å². The molecule has 0 spiro atoms. The van der Waals surface area contributed by atoms with Crippen LogP contribution in [0.3, 0.4) is 0 Å². The number of fused-ring (bicyclic) bond motifs is 1. The molecule has 0 saturated carbocycles. The van der Waals surface area contributed by atoms with Crippen LogP contribution in [0, 0.1) is 0 Å². The highest BCUT2D eigenvalue weighted by Crippen LogP contribution is 2.20. The van der Waals surface area contributed by atoms with Gasteiger partial charge in [-0.2, -0.15) is 4.31 Å². The Morgan fingerprint density at radius 2 is 1.95 bits per heavy atom. The second-order valence-electron chi connectivity index (χ2n) is 4.99. The van der Waals surface area contributed by atoms with Crippen LogP contribution in [0.2, 0.25) is 0 Å². The van der Waals surface area contributed by atoms with Gasteiger partial charge in [0.1, 0.15) is 0 Å². The summed E-state index contributed by atoms with van der Waals surface area (Å²) in [6.45, 7) is 2.22. The van der Waals surface area contributed by atoms with Gasteiger partial charge >= 0.3 is 0 Å². The quantitative estimate of drug-likeness (QED) is 0.773. The van der Waals surface area contributed by atoms with Crippen LogP contribution >= 0.6 is 0 Å². The molecule has 1 fully saturated rings. The Bertz CT molecular complexity index is 731. The number of nitrogens with one attached hydrogen (secondary N) is 1. The summed E-state index contributed by atoms with van der Waals surface area (Å²) in [6, 6.07) is 5.53. The average Bonchev–Trinajstić information content (AvgIpc) is 2.80. The maximum absolute atomic E-state index is 11.5. The summed E-state index contributed by atoms with van der Waals surface area (Å²) < 4.78 is 24.4. The smallest absolute Gasteiger partial charge is 0.211 e. The first kappa shape index (κ1) is 13.2. The van der Waals surface area contributed by atoms with Gasteiger partial charge in [0, 0.05) is 31.9 Å². The lowest BCUT2D eigenvalue weighted by molar-refractivity contribution is 0.386. The SMILES string of the molecule is CS(=O)(=O)N1CCN(c2nc3ccc(N)cc3[nH]2)CC1. The Kier molecular flexibility index (Phi) is 3.06. The molecule has 0 atom stereocenters. The topological polar surface area (TPSA) is 95.3 Å². The summed E-state index contributed by atoms with van der Waals surface area (Å²) in [6.07, 6.45) is 1.24. The Balaban J connectivity index is 1.80. The van der Waals surface area contributed by atoms with Crippen molar-refractivity contribution in [3.63, 3.8) is 0 Å².